The first-order valence-electron chi connectivity index (χ1n) is 11.9. The predicted molar refractivity (Wildman–Crippen MR) is 109 cm³/mol. The van der Waals surface area contributed by atoms with Crippen LogP contribution in [0.4, 0.5) is 13.2 Å². The number of nitrogens with one attached hydrogen (secondary N) is 1. The third-order valence-electron chi connectivity index (χ3n) is 9.82. The Bertz CT molecular complexity index is 825. The molecule has 8 atom stereocenters. The zero-order valence-corrected chi connectivity index (χ0v) is 18.1. The third kappa shape index (κ3) is 3.37. The SMILES string of the molecule is C[C@]12CC[C@H]3[C@@H](CC[C@@H]4C[C@@](O)(C(F)(F)F)CC[C@@H]43)[C@@H]1CC[C@@H]2C(=O)Cc1ncc[nH]1. The van der Waals surface area contributed by atoms with Crippen LogP contribution in [0.3, 0.4) is 0 Å². The second kappa shape index (κ2) is 7.32. The molecular formula is C24H33F3N2O2. The Hall–Kier alpha value is -1.37. The summed E-state index contributed by atoms with van der Waals surface area (Å²) in [7, 11) is 0. The molecule has 4 fully saturated rings. The minimum absolute atomic E-state index is 0.000940. The molecule has 4 aliphatic rings. The Morgan fingerprint density at radius 2 is 1.90 bits per heavy atom. The molecule has 1 heterocycles. The number of Topliss-reactive ketones (excluding diaryl/α,β-unsaturated/α-hetero) is 1. The maximum atomic E-state index is 13.4. The van der Waals surface area contributed by atoms with Gasteiger partial charge in [0.05, 0.1) is 6.42 Å². The Morgan fingerprint density at radius 1 is 1.13 bits per heavy atom. The van der Waals surface area contributed by atoms with E-state index in [0.29, 0.717) is 36.5 Å². The van der Waals surface area contributed by atoms with Crippen LogP contribution in [0.15, 0.2) is 12.4 Å². The van der Waals surface area contributed by atoms with E-state index in [2.05, 4.69) is 16.9 Å². The minimum atomic E-state index is -4.53. The van der Waals surface area contributed by atoms with Crippen LogP contribution in [0.25, 0.3) is 0 Å². The standard InChI is InChI=1S/C24H33F3N2O2/c1-22-8-6-16-15-7-9-23(31,24(25,26)27)13-14(15)2-3-17(16)18(22)4-5-19(22)20(30)12-21-28-10-11-29-21/h10-11,14-19,31H,2-9,12-13H2,1H3,(H,28,29)/t14-,15+,16-,17-,18+,19-,22+,23-/m1/s1. The molecule has 0 aliphatic heterocycles. The van der Waals surface area contributed by atoms with Crippen molar-refractivity contribution in [2.75, 3.05) is 0 Å². The zero-order valence-electron chi connectivity index (χ0n) is 18.1. The molecular weight excluding hydrogens is 405 g/mol. The summed E-state index contributed by atoms with van der Waals surface area (Å²) >= 11 is 0. The van der Waals surface area contributed by atoms with E-state index in [0.717, 1.165) is 44.3 Å². The lowest BCUT2D eigenvalue weighted by molar-refractivity contribution is -0.282. The molecule has 1 aromatic heterocycles. The van der Waals surface area contributed by atoms with Crippen LogP contribution >= 0.6 is 0 Å². The summed E-state index contributed by atoms with van der Waals surface area (Å²) in [4.78, 5) is 20.4. The second-order valence-electron chi connectivity index (χ2n) is 11.1. The van der Waals surface area contributed by atoms with E-state index in [1.54, 1.807) is 12.4 Å². The molecule has 31 heavy (non-hydrogen) atoms. The number of imidazole rings is 1. The van der Waals surface area contributed by atoms with Crippen molar-refractivity contribution in [2.24, 2.45) is 40.9 Å². The summed E-state index contributed by atoms with van der Waals surface area (Å²) in [6.45, 7) is 2.29. The van der Waals surface area contributed by atoms with Crippen molar-refractivity contribution in [3.05, 3.63) is 18.2 Å². The van der Waals surface area contributed by atoms with E-state index in [4.69, 9.17) is 0 Å². The summed E-state index contributed by atoms with van der Waals surface area (Å²) < 4.78 is 40.2. The quantitative estimate of drug-likeness (QED) is 0.691. The first kappa shape index (κ1) is 21.5. The molecule has 1 aromatic rings. The number of alkyl halides is 3. The Labute approximate surface area is 181 Å². The number of H-pyrrole nitrogens is 1. The number of rotatable bonds is 3. The second-order valence-corrected chi connectivity index (χ2v) is 11.1. The predicted octanol–water partition coefficient (Wildman–Crippen LogP) is 5.08. The molecule has 0 radical (unpaired) electrons. The molecule has 0 bridgehead atoms. The van der Waals surface area contributed by atoms with Crippen molar-refractivity contribution in [3.8, 4) is 0 Å². The number of carbonyl (C=O) groups excluding carboxylic acids is 1. The van der Waals surface area contributed by atoms with Crippen molar-refractivity contribution in [1.29, 1.82) is 0 Å². The molecule has 4 saturated carbocycles. The molecule has 7 heteroatoms. The maximum absolute atomic E-state index is 13.4. The summed E-state index contributed by atoms with van der Waals surface area (Å²) in [5, 5.41) is 10.3. The summed E-state index contributed by atoms with van der Waals surface area (Å²) in [6, 6.07) is 0. The highest BCUT2D eigenvalue weighted by Crippen LogP contribution is 2.65. The normalized spacial score (nSPS) is 44.9. The van der Waals surface area contributed by atoms with Gasteiger partial charge in [-0.3, -0.25) is 4.79 Å². The van der Waals surface area contributed by atoms with Crippen LogP contribution < -0.4 is 0 Å². The van der Waals surface area contributed by atoms with Crippen LogP contribution in [0.2, 0.25) is 0 Å². The zero-order chi connectivity index (χ0) is 22.0. The molecule has 0 spiro atoms. The fraction of sp³-hybridized carbons (Fsp3) is 0.833. The summed E-state index contributed by atoms with van der Waals surface area (Å²) in [5.74, 6) is 2.79. The van der Waals surface area contributed by atoms with Crippen LogP contribution in [0.5, 0.6) is 0 Å². The van der Waals surface area contributed by atoms with Gasteiger partial charge in [0.25, 0.3) is 0 Å². The van der Waals surface area contributed by atoms with Gasteiger partial charge < -0.3 is 10.1 Å². The van der Waals surface area contributed by atoms with Crippen molar-refractivity contribution < 1.29 is 23.1 Å². The van der Waals surface area contributed by atoms with Gasteiger partial charge in [0.15, 0.2) is 5.60 Å². The molecule has 0 unspecified atom stereocenters. The Kier molecular flexibility index (Phi) is 5.07. The largest absolute Gasteiger partial charge is 0.417 e. The van der Waals surface area contributed by atoms with Crippen LogP contribution in [0.1, 0.15) is 70.5 Å². The molecule has 5 rings (SSSR count). The van der Waals surface area contributed by atoms with Crippen molar-refractivity contribution >= 4 is 5.78 Å². The van der Waals surface area contributed by atoms with Gasteiger partial charge in [-0.2, -0.15) is 13.2 Å². The number of halogens is 3. The number of aromatic amines is 1. The van der Waals surface area contributed by atoms with Crippen molar-refractivity contribution in [1.82, 2.24) is 9.97 Å². The molecule has 2 N–H and O–H groups in total. The first-order chi connectivity index (χ1) is 14.6. The maximum Gasteiger partial charge on any atom is 0.417 e. The number of ketones is 1. The van der Waals surface area contributed by atoms with Gasteiger partial charge in [-0.05, 0) is 92.8 Å². The van der Waals surface area contributed by atoms with Gasteiger partial charge in [0.1, 0.15) is 11.6 Å². The topological polar surface area (TPSA) is 66.0 Å². The summed E-state index contributed by atoms with van der Waals surface area (Å²) in [5.41, 5.74) is -2.50. The van der Waals surface area contributed by atoms with Gasteiger partial charge in [-0.25, -0.2) is 4.98 Å². The van der Waals surface area contributed by atoms with E-state index < -0.39 is 11.8 Å². The minimum Gasteiger partial charge on any atom is -0.380 e. The molecule has 4 aliphatic carbocycles. The monoisotopic (exact) mass is 438 g/mol. The Morgan fingerprint density at radius 3 is 2.61 bits per heavy atom. The highest BCUT2D eigenvalue weighted by molar-refractivity contribution is 5.83. The summed E-state index contributed by atoms with van der Waals surface area (Å²) in [6.07, 6.45) is 5.12. The van der Waals surface area contributed by atoms with Gasteiger partial charge in [-0.15, -0.1) is 0 Å². The lowest BCUT2D eigenvalue weighted by Gasteiger charge is -2.57. The lowest BCUT2D eigenvalue weighted by Crippen LogP contribution is -2.55. The van der Waals surface area contributed by atoms with Crippen molar-refractivity contribution in [2.45, 2.75) is 82.9 Å². The van der Waals surface area contributed by atoms with E-state index in [-0.39, 0.29) is 35.9 Å². The Balaban J connectivity index is 1.30. The fourth-order valence-electron chi connectivity index (χ4n) is 8.35. The number of nitrogens with zero attached hydrogens (tertiary/aromatic N) is 1. The smallest absolute Gasteiger partial charge is 0.380 e. The number of aromatic nitrogens is 2. The molecule has 4 nitrogen and oxygen atoms in total. The van der Waals surface area contributed by atoms with Crippen molar-refractivity contribution in [3.63, 3.8) is 0 Å². The van der Waals surface area contributed by atoms with Gasteiger partial charge in [-0.1, -0.05) is 6.92 Å². The van der Waals surface area contributed by atoms with Gasteiger partial charge >= 0.3 is 6.18 Å². The number of carbonyl (C=O) groups is 1. The average Bonchev–Trinajstić information content (AvgIpc) is 3.33. The van der Waals surface area contributed by atoms with Gasteiger partial charge in [0.2, 0.25) is 0 Å². The van der Waals surface area contributed by atoms with E-state index in [9.17, 15) is 23.1 Å². The molecule has 0 amide bonds. The highest BCUT2D eigenvalue weighted by atomic mass is 19.4. The van der Waals surface area contributed by atoms with Crippen LogP contribution in [-0.4, -0.2) is 32.6 Å². The van der Waals surface area contributed by atoms with E-state index >= 15 is 0 Å². The average molecular weight is 439 g/mol. The number of aliphatic hydroxyl groups is 1. The first-order valence-corrected chi connectivity index (χ1v) is 11.9. The lowest BCUT2D eigenvalue weighted by atomic mass is 9.48. The third-order valence-corrected chi connectivity index (χ3v) is 9.82. The number of hydrogen-bond acceptors (Lipinski definition) is 3. The molecule has 0 aromatic carbocycles. The highest BCUT2D eigenvalue weighted by Gasteiger charge is 2.62. The van der Waals surface area contributed by atoms with E-state index in [1.165, 1.54) is 0 Å². The van der Waals surface area contributed by atoms with Crippen LogP contribution in [0, 0.1) is 40.9 Å². The number of hydrogen-bond donors (Lipinski definition) is 2. The molecule has 0 saturated heterocycles. The molecule has 172 valence electrons. The van der Waals surface area contributed by atoms with E-state index in [1.807, 2.05) is 0 Å². The van der Waals surface area contributed by atoms with Crippen LogP contribution in [-0.2, 0) is 11.2 Å². The number of fused-ring (bicyclic) bond motifs is 5. The fourth-order valence-corrected chi connectivity index (χ4v) is 8.35. The van der Waals surface area contributed by atoms with Gasteiger partial charge in [0, 0.05) is 18.3 Å².